The van der Waals surface area contributed by atoms with Crippen LogP contribution in [0.15, 0.2) is 89.5 Å². The molecule has 0 saturated carbocycles. The van der Waals surface area contributed by atoms with Gasteiger partial charge in [0.05, 0.1) is 4.90 Å². The van der Waals surface area contributed by atoms with Gasteiger partial charge in [-0.15, -0.1) is 0 Å². The number of rotatable bonds is 5. The van der Waals surface area contributed by atoms with Crippen LogP contribution in [0.4, 0.5) is 5.69 Å². The Labute approximate surface area is 180 Å². The molecular formula is C23H20N2O5S. The number of benzene rings is 3. The van der Waals surface area contributed by atoms with Crippen molar-refractivity contribution in [1.82, 2.24) is 4.31 Å². The highest BCUT2D eigenvalue weighted by atomic mass is 32.2. The SMILES string of the molecule is CN1C(C(=O)Nc2cccc(OCc3ccccc3)c2)=C(O)c2ccccc2S1(=O)=O. The van der Waals surface area contributed by atoms with E-state index in [1.165, 1.54) is 19.2 Å². The largest absolute Gasteiger partial charge is 0.505 e. The van der Waals surface area contributed by atoms with Crippen LogP contribution in [0, 0.1) is 0 Å². The maximum absolute atomic E-state index is 12.9. The predicted molar refractivity (Wildman–Crippen MR) is 117 cm³/mol. The van der Waals surface area contributed by atoms with E-state index in [-0.39, 0.29) is 16.2 Å². The molecule has 8 heteroatoms. The third kappa shape index (κ3) is 3.97. The number of likely N-dealkylation sites (N-methyl/N-ethyl adjacent to an activating group) is 1. The first-order valence-corrected chi connectivity index (χ1v) is 10.9. The number of hydrogen-bond acceptors (Lipinski definition) is 5. The first kappa shape index (κ1) is 20.5. The molecule has 3 aromatic carbocycles. The maximum Gasteiger partial charge on any atom is 0.276 e. The van der Waals surface area contributed by atoms with E-state index in [9.17, 15) is 18.3 Å². The molecule has 1 heterocycles. The minimum atomic E-state index is -3.96. The summed E-state index contributed by atoms with van der Waals surface area (Å²) in [6, 6.07) is 22.4. The number of anilines is 1. The molecule has 31 heavy (non-hydrogen) atoms. The molecule has 1 amide bonds. The lowest BCUT2D eigenvalue weighted by Gasteiger charge is -2.28. The van der Waals surface area contributed by atoms with Crippen LogP contribution >= 0.6 is 0 Å². The Hall–Kier alpha value is -3.78. The van der Waals surface area contributed by atoms with Crippen LogP contribution in [0.2, 0.25) is 0 Å². The van der Waals surface area contributed by atoms with Crippen molar-refractivity contribution in [3.05, 3.63) is 95.7 Å². The molecule has 4 rings (SSSR count). The fraction of sp³-hybridized carbons (Fsp3) is 0.0870. The van der Waals surface area contributed by atoms with Crippen LogP contribution in [-0.2, 0) is 21.4 Å². The number of aliphatic hydroxyl groups is 1. The molecule has 0 aromatic heterocycles. The van der Waals surface area contributed by atoms with Gasteiger partial charge in [-0.1, -0.05) is 48.5 Å². The molecule has 7 nitrogen and oxygen atoms in total. The zero-order valence-electron chi connectivity index (χ0n) is 16.6. The Morgan fingerprint density at radius 2 is 1.71 bits per heavy atom. The van der Waals surface area contributed by atoms with Gasteiger partial charge in [0.2, 0.25) is 0 Å². The molecule has 0 atom stereocenters. The Balaban J connectivity index is 1.57. The van der Waals surface area contributed by atoms with E-state index in [1.807, 2.05) is 30.3 Å². The highest BCUT2D eigenvalue weighted by molar-refractivity contribution is 7.89. The van der Waals surface area contributed by atoms with Crippen molar-refractivity contribution < 1.29 is 23.1 Å². The minimum Gasteiger partial charge on any atom is -0.505 e. The summed E-state index contributed by atoms with van der Waals surface area (Å²) in [6.45, 7) is 0.363. The summed E-state index contributed by atoms with van der Waals surface area (Å²) >= 11 is 0. The molecule has 0 aliphatic carbocycles. The lowest BCUT2D eigenvalue weighted by molar-refractivity contribution is -0.113. The number of fused-ring (bicyclic) bond motifs is 1. The molecule has 0 spiro atoms. The average Bonchev–Trinajstić information content (AvgIpc) is 2.78. The van der Waals surface area contributed by atoms with Crippen molar-refractivity contribution in [2.75, 3.05) is 12.4 Å². The van der Waals surface area contributed by atoms with E-state index >= 15 is 0 Å². The van der Waals surface area contributed by atoms with Gasteiger partial charge in [0.15, 0.2) is 11.5 Å². The van der Waals surface area contributed by atoms with Crippen molar-refractivity contribution >= 4 is 27.4 Å². The molecular weight excluding hydrogens is 416 g/mol. The predicted octanol–water partition coefficient (Wildman–Crippen LogP) is 3.77. The van der Waals surface area contributed by atoms with Crippen molar-refractivity contribution in [1.29, 1.82) is 0 Å². The van der Waals surface area contributed by atoms with Crippen LogP contribution in [0.1, 0.15) is 11.1 Å². The summed E-state index contributed by atoms with van der Waals surface area (Å²) in [6.07, 6.45) is 0. The highest BCUT2D eigenvalue weighted by Gasteiger charge is 2.37. The number of carbonyl (C=O) groups is 1. The van der Waals surface area contributed by atoms with Gasteiger partial charge in [-0.25, -0.2) is 8.42 Å². The number of carbonyl (C=O) groups excluding carboxylic acids is 1. The molecule has 0 bridgehead atoms. The second-order valence-corrected chi connectivity index (χ2v) is 8.86. The molecule has 1 aliphatic heterocycles. The number of nitrogens with zero attached hydrogens (tertiary/aromatic N) is 1. The number of sulfonamides is 1. The molecule has 1 aliphatic rings. The maximum atomic E-state index is 12.9. The lowest BCUT2D eigenvalue weighted by Crippen LogP contribution is -2.37. The molecule has 3 aromatic rings. The van der Waals surface area contributed by atoms with Gasteiger partial charge < -0.3 is 15.2 Å². The van der Waals surface area contributed by atoms with E-state index in [4.69, 9.17) is 4.74 Å². The quantitative estimate of drug-likeness (QED) is 0.635. The smallest absolute Gasteiger partial charge is 0.276 e. The summed E-state index contributed by atoms with van der Waals surface area (Å²) in [7, 11) is -2.73. The third-order valence-electron chi connectivity index (χ3n) is 4.88. The van der Waals surface area contributed by atoms with Gasteiger partial charge in [-0.3, -0.25) is 9.10 Å². The summed E-state index contributed by atoms with van der Waals surface area (Å²) in [5.74, 6) is -0.616. The molecule has 0 radical (unpaired) electrons. The zero-order chi connectivity index (χ0) is 22.0. The van der Waals surface area contributed by atoms with Crippen LogP contribution in [0.25, 0.3) is 5.76 Å². The molecule has 158 valence electrons. The van der Waals surface area contributed by atoms with Crippen molar-refractivity contribution in [3.8, 4) is 5.75 Å². The van der Waals surface area contributed by atoms with Gasteiger partial charge >= 0.3 is 0 Å². The molecule has 0 saturated heterocycles. The van der Waals surface area contributed by atoms with Crippen molar-refractivity contribution in [2.24, 2.45) is 0 Å². The van der Waals surface area contributed by atoms with Crippen LogP contribution in [0.3, 0.4) is 0 Å². The van der Waals surface area contributed by atoms with E-state index < -0.39 is 21.7 Å². The van der Waals surface area contributed by atoms with E-state index in [2.05, 4.69) is 5.32 Å². The monoisotopic (exact) mass is 436 g/mol. The fourth-order valence-electron chi connectivity index (χ4n) is 3.28. The van der Waals surface area contributed by atoms with Gasteiger partial charge in [0, 0.05) is 24.4 Å². The first-order chi connectivity index (χ1) is 14.9. The van der Waals surface area contributed by atoms with E-state index in [0.29, 0.717) is 18.0 Å². The second-order valence-electron chi connectivity index (χ2n) is 6.92. The van der Waals surface area contributed by atoms with Crippen molar-refractivity contribution in [3.63, 3.8) is 0 Å². The van der Waals surface area contributed by atoms with Crippen molar-refractivity contribution in [2.45, 2.75) is 11.5 Å². The van der Waals surface area contributed by atoms with Crippen LogP contribution in [0.5, 0.6) is 5.75 Å². The third-order valence-corrected chi connectivity index (χ3v) is 6.69. The normalized spacial score (nSPS) is 14.7. The zero-order valence-corrected chi connectivity index (χ0v) is 17.5. The number of aliphatic hydroxyl groups excluding tert-OH is 1. The number of nitrogens with one attached hydrogen (secondary N) is 1. The van der Waals surface area contributed by atoms with E-state index in [0.717, 1.165) is 9.87 Å². The summed E-state index contributed by atoms with van der Waals surface area (Å²) in [5, 5.41) is 13.3. The van der Waals surface area contributed by atoms with Gasteiger partial charge in [-0.2, -0.15) is 0 Å². The summed E-state index contributed by atoms with van der Waals surface area (Å²) in [5.41, 5.74) is 1.14. The second kappa shape index (κ2) is 8.16. The Kier molecular flexibility index (Phi) is 5.39. The number of amides is 1. The van der Waals surface area contributed by atoms with Gasteiger partial charge in [-0.05, 0) is 29.8 Å². The summed E-state index contributed by atoms with van der Waals surface area (Å²) < 4.78 is 32.1. The Morgan fingerprint density at radius 1 is 1.00 bits per heavy atom. The Morgan fingerprint density at radius 3 is 2.48 bits per heavy atom. The van der Waals surface area contributed by atoms with E-state index in [1.54, 1.807) is 36.4 Å². The van der Waals surface area contributed by atoms with Crippen LogP contribution in [-0.4, -0.2) is 30.8 Å². The lowest BCUT2D eigenvalue weighted by atomic mass is 10.1. The first-order valence-electron chi connectivity index (χ1n) is 9.47. The topological polar surface area (TPSA) is 95.9 Å². The molecule has 0 fully saturated rings. The average molecular weight is 436 g/mol. The minimum absolute atomic E-state index is 0.0529. The van der Waals surface area contributed by atoms with Gasteiger partial charge in [0.1, 0.15) is 12.4 Å². The van der Waals surface area contributed by atoms with Crippen LogP contribution < -0.4 is 10.1 Å². The Bertz CT molecular complexity index is 1270. The fourth-order valence-corrected chi connectivity index (χ4v) is 4.67. The molecule has 0 unspecified atom stereocenters. The number of ether oxygens (including phenoxy) is 1. The van der Waals surface area contributed by atoms with Gasteiger partial charge in [0.25, 0.3) is 15.9 Å². The highest BCUT2D eigenvalue weighted by Crippen LogP contribution is 2.34. The molecule has 2 N–H and O–H groups in total. The standard InChI is InChI=1S/C23H20N2O5S/c1-25-21(22(26)19-12-5-6-13-20(19)31(25,28)29)23(27)24-17-10-7-11-18(14-17)30-15-16-8-3-2-4-9-16/h2-14,26H,15H2,1H3,(H,24,27). The summed E-state index contributed by atoms with van der Waals surface area (Å²) in [4.78, 5) is 12.8. The number of hydrogen-bond donors (Lipinski definition) is 2.